The third-order valence-electron chi connectivity index (χ3n) is 4.14. The largest absolute Gasteiger partial charge is 0.484 e. The second kappa shape index (κ2) is 6.82. The number of fused-ring (bicyclic) bond motifs is 2. The van der Waals surface area contributed by atoms with E-state index in [0.717, 1.165) is 6.07 Å². The van der Waals surface area contributed by atoms with Crippen LogP contribution in [0.1, 0.15) is 12.8 Å². The summed E-state index contributed by atoms with van der Waals surface area (Å²) in [4.78, 5) is 22.6. The molecule has 1 aromatic carbocycles. The van der Waals surface area contributed by atoms with E-state index in [9.17, 15) is 14.0 Å². The molecule has 0 aliphatic carbocycles. The van der Waals surface area contributed by atoms with Gasteiger partial charge >= 0.3 is 6.09 Å². The van der Waals surface area contributed by atoms with Gasteiger partial charge < -0.3 is 25.2 Å². The van der Waals surface area contributed by atoms with Crippen LogP contribution < -0.4 is 15.4 Å². The van der Waals surface area contributed by atoms with Crippen LogP contribution in [-0.2, 0) is 9.53 Å². The highest BCUT2D eigenvalue weighted by molar-refractivity contribution is 6.30. The highest BCUT2D eigenvalue weighted by Gasteiger charge is 2.48. The van der Waals surface area contributed by atoms with E-state index in [2.05, 4.69) is 10.6 Å². The second-order valence-electron chi connectivity index (χ2n) is 5.78. The molecule has 2 aliphatic heterocycles. The van der Waals surface area contributed by atoms with E-state index in [-0.39, 0.29) is 47.6 Å². The van der Waals surface area contributed by atoms with Gasteiger partial charge in [0.15, 0.2) is 6.61 Å². The summed E-state index contributed by atoms with van der Waals surface area (Å²) in [5, 5.41) is 13.9. The van der Waals surface area contributed by atoms with Crippen LogP contribution in [0, 0.1) is 5.82 Å². The zero-order valence-corrected chi connectivity index (χ0v) is 13.3. The van der Waals surface area contributed by atoms with Crippen molar-refractivity contribution in [1.29, 1.82) is 0 Å². The van der Waals surface area contributed by atoms with Crippen molar-refractivity contribution in [2.45, 2.75) is 37.1 Å². The molecule has 2 amide bonds. The lowest BCUT2D eigenvalue weighted by molar-refractivity contribution is -0.124. The molecule has 2 heterocycles. The van der Waals surface area contributed by atoms with Gasteiger partial charge in [-0.3, -0.25) is 4.79 Å². The summed E-state index contributed by atoms with van der Waals surface area (Å²) in [7, 11) is 0. The molecule has 7 nitrogen and oxygen atoms in total. The Hall–Kier alpha value is -2.06. The molecule has 24 heavy (non-hydrogen) atoms. The molecule has 2 bridgehead atoms. The van der Waals surface area contributed by atoms with E-state index >= 15 is 0 Å². The molecule has 2 aliphatic rings. The smallest absolute Gasteiger partial charge is 0.404 e. The minimum absolute atomic E-state index is 0.0181. The standard InChI is InChI=1S/C15H16ClFN2O5/c16-8-2-1-7(3-9(8)17)23-6-14(20)18-10-4-13-11(19-15(21)22)5-12(10)24-13/h1-3,10-13,19H,4-6H2,(H,18,20)(H,21,22)/t10-,11-,12+,13+/m0/s1. The van der Waals surface area contributed by atoms with Crippen molar-refractivity contribution < 1.29 is 28.6 Å². The summed E-state index contributed by atoms with van der Waals surface area (Å²) < 4.78 is 24.2. The molecule has 0 saturated carbocycles. The monoisotopic (exact) mass is 358 g/mol. The van der Waals surface area contributed by atoms with Crippen LogP contribution in [0.3, 0.4) is 0 Å². The Kier molecular flexibility index (Phi) is 4.77. The predicted molar refractivity (Wildman–Crippen MR) is 81.7 cm³/mol. The first-order valence-corrected chi connectivity index (χ1v) is 7.82. The van der Waals surface area contributed by atoms with Gasteiger partial charge in [0.25, 0.3) is 5.91 Å². The molecule has 1 aromatic rings. The molecule has 2 fully saturated rings. The van der Waals surface area contributed by atoms with E-state index in [4.69, 9.17) is 26.2 Å². The molecule has 2 saturated heterocycles. The summed E-state index contributed by atoms with van der Waals surface area (Å²) in [6.07, 6.45) is -0.478. The van der Waals surface area contributed by atoms with Crippen molar-refractivity contribution in [1.82, 2.24) is 10.6 Å². The average Bonchev–Trinajstić information content (AvgIpc) is 3.07. The number of carboxylic acid groups (broad SMARTS) is 1. The molecule has 9 heteroatoms. The fourth-order valence-electron chi connectivity index (χ4n) is 3.08. The Balaban J connectivity index is 1.45. The van der Waals surface area contributed by atoms with Crippen molar-refractivity contribution in [2.24, 2.45) is 0 Å². The fourth-order valence-corrected chi connectivity index (χ4v) is 3.20. The number of ether oxygens (including phenoxy) is 2. The first-order chi connectivity index (χ1) is 11.4. The van der Waals surface area contributed by atoms with Crippen molar-refractivity contribution in [3.8, 4) is 5.75 Å². The minimum atomic E-state index is -1.08. The van der Waals surface area contributed by atoms with Crippen LogP contribution in [-0.4, -0.2) is 48.0 Å². The summed E-state index contributed by atoms with van der Waals surface area (Å²) >= 11 is 5.57. The highest BCUT2D eigenvalue weighted by Crippen LogP contribution is 2.34. The van der Waals surface area contributed by atoms with Crippen LogP contribution in [0.25, 0.3) is 0 Å². The van der Waals surface area contributed by atoms with Gasteiger partial charge in [-0.2, -0.15) is 0 Å². The van der Waals surface area contributed by atoms with Crippen molar-refractivity contribution in [3.05, 3.63) is 29.0 Å². The van der Waals surface area contributed by atoms with Gasteiger partial charge in [-0.05, 0) is 25.0 Å². The zero-order chi connectivity index (χ0) is 17.3. The minimum Gasteiger partial charge on any atom is -0.484 e. The molecule has 130 valence electrons. The van der Waals surface area contributed by atoms with Gasteiger partial charge in [0, 0.05) is 6.07 Å². The lowest BCUT2D eigenvalue weighted by Gasteiger charge is -2.25. The third-order valence-corrected chi connectivity index (χ3v) is 4.44. The molecule has 0 radical (unpaired) electrons. The zero-order valence-electron chi connectivity index (χ0n) is 12.5. The van der Waals surface area contributed by atoms with E-state index < -0.39 is 11.9 Å². The Morgan fingerprint density at radius 2 is 1.96 bits per heavy atom. The summed E-state index contributed by atoms with van der Waals surface area (Å²) in [5.74, 6) is -0.760. The average molecular weight is 359 g/mol. The Labute approximate surface area is 142 Å². The van der Waals surface area contributed by atoms with Crippen LogP contribution in [0.15, 0.2) is 18.2 Å². The molecular formula is C15H16ClFN2O5. The first-order valence-electron chi connectivity index (χ1n) is 7.44. The molecular weight excluding hydrogens is 343 g/mol. The third kappa shape index (κ3) is 3.70. The lowest BCUT2D eigenvalue weighted by atomic mass is 9.91. The molecule has 0 aromatic heterocycles. The highest BCUT2D eigenvalue weighted by atomic mass is 35.5. The van der Waals surface area contributed by atoms with Crippen LogP contribution in [0.5, 0.6) is 5.75 Å². The van der Waals surface area contributed by atoms with Gasteiger partial charge in [0.2, 0.25) is 0 Å². The van der Waals surface area contributed by atoms with Crippen LogP contribution >= 0.6 is 11.6 Å². The maximum atomic E-state index is 13.3. The number of carbonyl (C=O) groups is 2. The van der Waals surface area contributed by atoms with E-state index in [1.165, 1.54) is 12.1 Å². The van der Waals surface area contributed by atoms with Crippen LogP contribution in [0.4, 0.5) is 9.18 Å². The maximum absolute atomic E-state index is 13.3. The van der Waals surface area contributed by atoms with E-state index in [1.54, 1.807) is 0 Å². The van der Waals surface area contributed by atoms with Gasteiger partial charge in [-0.1, -0.05) is 11.6 Å². The SMILES string of the molecule is O=C(O)N[C@H]1C[C@H]2O[C@@H]1C[C@@H]2NC(=O)COc1ccc(Cl)c(F)c1. The van der Waals surface area contributed by atoms with Gasteiger partial charge in [0.1, 0.15) is 11.6 Å². The number of benzene rings is 1. The normalized spacial score (nSPS) is 27.8. The first kappa shape index (κ1) is 16.8. The maximum Gasteiger partial charge on any atom is 0.404 e. The summed E-state index contributed by atoms with van der Waals surface area (Å²) in [5.41, 5.74) is 0. The van der Waals surface area contributed by atoms with Crippen molar-refractivity contribution in [2.75, 3.05) is 6.61 Å². The second-order valence-corrected chi connectivity index (χ2v) is 6.19. The number of amides is 2. The number of hydrogen-bond donors (Lipinski definition) is 3. The number of carbonyl (C=O) groups excluding carboxylic acids is 1. The van der Waals surface area contributed by atoms with Gasteiger partial charge in [0.05, 0.1) is 29.3 Å². The number of rotatable bonds is 5. The van der Waals surface area contributed by atoms with Gasteiger partial charge in [-0.15, -0.1) is 0 Å². The molecule has 3 rings (SSSR count). The quantitative estimate of drug-likeness (QED) is 0.742. The molecule has 0 spiro atoms. The molecule has 0 unspecified atom stereocenters. The molecule has 4 atom stereocenters. The predicted octanol–water partition coefficient (Wildman–Crippen LogP) is 1.54. The number of nitrogens with one attached hydrogen (secondary N) is 2. The van der Waals surface area contributed by atoms with Gasteiger partial charge in [-0.25, -0.2) is 9.18 Å². The molecule has 3 N–H and O–H groups in total. The Morgan fingerprint density at radius 3 is 2.54 bits per heavy atom. The van der Waals surface area contributed by atoms with Crippen molar-refractivity contribution >= 4 is 23.6 Å². The number of hydrogen-bond acceptors (Lipinski definition) is 4. The number of halogens is 2. The van der Waals surface area contributed by atoms with Crippen molar-refractivity contribution in [3.63, 3.8) is 0 Å². The Morgan fingerprint density at radius 1 is 1.29 bits per heavy atom. The lowest BCUT2D eigenvalue weighted by Crippen LogP contribution is -2.49. The van der Waals surface area contributed by atoms with Crippen LogP contribution in [0.2, 0.25) is 5.02 Å². The fraction of sp³-hybridized carbons (Fsp3) is 0.467. The summed E-state index contributed by atoms with van der Waals surface area (Å²) in [6.45, 7) is -0.258. The summed E-state index contributed by atoms with van der Waals surface area (Å²) in [6, 6.07) is 3.51. The van der Waals surface area contributed by atoms with E-state index in [0.29, 0.717) is 12.8 Å². The Bertz CT molecular complexity index is 659. The van der Waals surface area contributed by atoms with E-state index in [1.807, 2.05) is 0 Å². The topological polar surface area (TPSA) is 96.9 Å².